The Kier molecular flexibility index (Phi) is 3.93. The smallest absolute Gasteiger partial charge is 0.0696 e. The van der Waals surface area contributed by atoms with Gasteiger partial charge in [-0.05, 0) is 63.2 Å². The average molecular weight is 378 g/mol. The number of halogens is 2. The normalized spacial score (nSPS) is 10.3. The van der Waals surface area contributed by atoms with E-state index in [0.29, 0.717) is 0 Å². The molecule has 0 aromatic carbocycles. The second-order valence-electron chi connectivity index (χ2n) is 2.10. The zero-order chi connectivity index (χ0) is 7.56. The predicted molar refractivity (Wildman–Crippen MR) is 63.7 cm³/mol. The van der Waals surface area contributed by atoms with Gasteiger partial charge in [0.15, 0.2) is 0 Å². The summed E-state index contributed by atoms with van der Waals surface area (Å²) >= 11 is 6.68. The monoisotopic (exact) mass is 378 g/mol. The maximum atomic E-state index is 2.42. The molecule has 0 unspecified atom stereocenters. The molecule has 3 heteroatoms. The Morgan fingerprint density at radius 1 is 1.50 bits per heavy atom. The predicted octanol–water partition coefficient (Wildman–Crippen LogP) is 3.91. The van der Waals surface area contributed by atoms with Crippen LogP contribution in [0.2, 0.25) is 0 Å². The van der Waals surface area contributed by atoms with Crippen molar-refractivity contribution in [3.05, 3.63) is 17.4 Å². The van der Waals surface area contributed by atoms with Crippen LogP contribution < -0.4 is 0 Å². The SMILES string of the molecule is CCCc1cc(I)sc1I. The molecule has 56 valence electrons. The summed E-state index contributed by atoms with van der Waals surface area (Å²) < 4.78 is 2.87. The third kappa shape index (κ3) is 2.34. The van der Waals surface area contributed by atoms with Gasteiger partial charge in [-0.2, -0.15) is 0 Å². The molecule has 0 amide bonds. The van der Waals surface area contributed by atoms with Crippen molar-refractivity contribution in [2.24, 2.45) is 0 Å². The number of hydrogen-bond acceptors (Lipinski definition) is 1. The number of hydrogen-bond donors (Lipinski definition) is 0. The van der Waals surface area contributed by atoms with Gasteiger partial charge >= 0.3 is 0 Å². The summed E-state index contributed by atoms with van der Waals surface area (Å²) in [4.78, 5) is 0. The lowest BCUT2D eigenvalue weighted by Crippen LogP contribution is -1.79. The first-order valence-electron chi connectivity index (χ1n) is 3.17. The van der Waals surface area contributed by atoms with Gasteiger partial charge in [-0.3, -0.25) is 0 Å². The van der Waals surface area contributed by atoms with E-state index >= 15 is 0 Å². The molecule has 0 radical (unpaired) electrons. The lowest BCUT2D eigenvalue weighted by atomic mass is 10.2. The van der Waals surface area contributed by atoms with E-state index in [2.05, 4.69) is 58.2 Å². The highest BCUT2D eigenvalue weighted by atomic mass is 127. The van der Waals surface area contributed by atoms with Gasteiger partial charge in [-0.25, -0.2) is 0 Å². The largest absolute Gasteiger partial charge is 0.123 e. The third-order valence-corrected chi connectivity index (χ3v) is 4.33. The molecule has 0 aliphatic rings. The van der Waals surface area contributed by atoms with E-state index in [1.807, 2.05) is 11.3 Å². The summed E-state index contributed by atoms with van der Waals surface area (Å²) in [7, 11) is 0. The molecule has 0 saturated heterocycles. The molecule has 1 aromatic heterocycles. The first-order valence-corrected chi connectivity index (χ1v) is 6.15. The van der Waals surface area contributed by atoms with E-state index in [9.17, 15) is 0 Å². The molecule has 0 spiro atoms. The Morgan fingerprint density at radius 2 is 2.20 bits per heavy atom. The average Bonchev–Trinajstić information content (AvgIpc) is 2.13. The maximum absolute atomic E-state index is 2.42. The molecule has 0 aliphatic carbocycles. The van der Waals surface area contributed by atoms with Crippen molar-refractivity contribution < 1.29 is 0 Å². The molecule has 0 fully saturated rings. The van der Waals surface area contributed by atoms with E-state index in [0.717, 1.165) is 0 Å². The van der Waals surface area contributed by atoms with Gasteiger partial charge in [0, 0.05) is 0 Å². The van der Waals surface area contributed by atoms with Gasteiger partial charge in [0.1, 0.15) is 0 Å². The van der Waals surface area contributed by atoms with E-state index in [4.69, 9.17) is 0 Å². The van der Waals surface area contributed by atoms with Crippen molar-refractivity contribution in [1.82, 2.24) is 0 Å². The van der Waals surface area contributed by atoms with Crippen LogP contribution >= 0.6 is 56.5 Å². The molecule has 0 nitrogen and oxygen atoms in total. The zero-order valence-electron chi connectivity index (χ0n) is 5.66. The quantitative estimate of drug-likeness (QED) is 0.685. The van der Waals surface area contributed by atoms with E-state index in [-0.39, 0.29) is 0 Å². The number of aryl methyl sites for hydroxylation is 1. The van der Waals surface area contributed by atoms with Crippen LogP contribution in [0.3, 0.4) is 0 Å². The second-order valence-corrected chi connectivity index (χ2v) is 6.86. The van der Waals surface area contributed by atoms with Gasteiger partial charge in [0.2, 0.25) is 0 Å². The van der Waals surface area contributed by atoms with Gasteiger partial charge in [0.05, 0.1) is 5.77 Å². The minimum atomic E-state index is 1.23. The number of thiophene rings is 1. The van der Waals surface area contributed by atoms with Gasteiger partial charge in [-0.15, -0.1) is 11.3 Å². The molecule has 0 N–H and O–H groups in total. The molecule has 1 heterocycles. The maximum Gasteiger partial charge on any atom is 0.0696 e. The molecular formula is C7H8I2S. The molecule has 10 heavy (non-hydrogen) atoms. The van der Waals surface area contributed by atoms with E-state index < -0.39 is 0 Å². The molecule has 0 atom stereocenters. The highest BCUT2D eigenvalue weighted by Gasteiger charge is 2.02. The van der Waals surface area contributed by atoms with Crippen LogP contribution in [0.5, 0.6) is 0 Å². The minimum absolute atomic E-state index is 1.23. The summed E-state index contributed by atoms with van der Waals surface area (Å²) in [6.07, 6.45) is 2.49. The van der Waals surface area contributed by atoms with Gasteiger partial charge in [-0.1, -0.05) is 13.3 Å². The Bertz CT molecular complexity index is 217. The Morgan fingerprint density at radius 3 is 2.60 bits per heavy atom. The highest BCUT2D eigenvalue weighted by Crippen LogP contribution is 2.26. The van der Waals surface area contributed by atoms with Crippen LogP contribution in [-0.2, 0) is 6.42 Å². The van der Waals surface area contributed by atoms with Crippen molar-refractivity contribution in [2.45, 2.75) is 19.8 Å². The van der Waals surface area contributed by atoms with Crippen LogP contribution in [0.4, 0.5) is 0 Å². The van der Waals surface area contributed by atoms with Crippen molar-refractivity contribution >= 4 is 56.5 Å². The fraction of sp³-hybridized carbons (Fsp3) is 0.429. The lowest BCUT2D eigenvalue weighted by molar-refractivity contribution is 0.922. The van der Waals surface area contributed by atoms with Crippen molar-refractivity contribution in [3.8, 4) is 0 Å². The van der Waals surface area contributed by atoms with Crippen LogP contribution in [-0.4, -0.2) is 0 Å². The van der Waals surface area contributed by atoms with Crippen molar-refractivity contribution in [3.63, 3.8) is 0 Å². The summed E-state index contributed by atoms with van der Waals surface area (Å²) in [5.41, 5.74) is 1.53. The molecule has 0 bridgehead atoms. The fourth-order valence-corrected chi connectivity index (χ4v) is 4.92. The molecule has 0 saturated carbocycles. The molecule has 1 aromatic rings. The minimum Gasteiger partial charge on any atom is -0.123 e. The second kappa shape index (κ2) is 4.25. The fourth-order valence-electron chi connectivity index (χ4n) is 0.814. The Balaban J connectivity index is 2.81. The van der Waals surface area contributed by atoms with E-state index in [1.54, 1.807) is 0 Å². The van der Waals surface area contributed by atoms with Crippen LogP contribution in [0, 0.1) is 5.77 Å². The van der Waals surface area contributed by atoms with E-state index in [1.165, 1.54) is 24.2 Å². The Hall–Kier alpha value is 1.16. The summed E-state index contributed by atoms with van der Waals surface area (Å²) in [6.45, 7) is 2.22. The van der Waals surface area contributed by atoms with Crippen LogP contribution in [0.1, 0.15) is 18.9 Å². The lowest BCUT2D eigenvalue weighted by Gasteiger charge is -1.91. The first kappa shape index (κ1) is 9.25. The van der Waals surface area contributed by atoms with Crippen molar-refractivity contribution in [1.29, 1.82) is 0 Å². The van der Waals surface area contributed by atoms with Crippen LogP contribution in [0.25, 0.3) is 0 Å². The topological polar surface area (TPSA) is 0 Å². The summed E-state index contributed by atoms with van der Waals surface area (Å²) in [5, 5.41) is 0. The number of rotatable bonds is 2. The van der Waals surface area contributed by atoms with Gasteiger partial charge in [0.25, 0.3) is 0 Å². The molecular weight excluding hydrogens is 370 g/mol. The zero-order valence-corrected chi connectivity index (χ0v) is 10.8. The van der Waals surface area contributed by atoms with Gasteiger partial charge < -0.3 is 0 Å². The summed E-state index contributed by atoms with van der Waals surface area (Å²) in [5.74, 6) is 0. The standard InChI is InChI=1S/C7H8I2S/c1-2-3-5-4-6(8)10-7(5)9/h4H,2-3H2,1H3. The first-order chi connectivity index (χ1) is 4.74. The van der Waals surface area contributed by atoms with Crippen LogP contribution in [0.15, 0.2) is 6.07 Å². The van der Waals surface area contributed by atoms with Crippen molar-refractivity contribution in [2.75, 3.05) is 0 Å². The highest BCUT2D eigenvalue weighted by molar-refractivity contribution is 14.1. The molecule has 0 aliphatic heterocycles. The molecule has 1 rings (SSSR count). The third-order valence-electron chi connectivity index (χ3n) is 1.25. The Labute approximate surface area is 92.7 Å². The summed E-state index contributed by atoms with van der Waals surface area (Å²) in [6, 6.07) is 2.29.